The molecule has 0 fully saturated rings. The number of nitrogens with zero attached hydrogens (tertiary/aromatic N) is 3. The molecule has 0 saturated carbocycles. The number of para-hydroxylation sites is 2. The molecule has 3 aromatic heterocycles. The largest absolute Gasteiger partial charge is 0.292 e. The number of hydrogen-bond donors (Lipinski definition) is 0. The van der Waals surface area contributed by atoms with E-state index in [4.69, 9.17) is 9.97 Å². The van der Waals surface area contributed by atoms with Gasteiger partial charge in [0.15, 0.2) is 0 Å². The first-order valence-corrected chi connectivity index (χ1v) is 11.3. The normalized spacial score (nSPS) is 12.0. The summed E-state index contributed by atoms with van der Waals surface area (Å²) in [5.74, 6) is 0.650. The molecule has 0 radical (unpaired) electrons. The van der Waals surface area contributed by atoms with Crippen LogP contribution < -0.4 is 0 Å². The molecule has 0 bridgehead atoms. The molecular weight excluding hydrogens is 390 g/mol. The highest BCUT2D eigenvalue weighted by Crippen LogP contribution is 2.37. The standard InChI is InChI=1S/C29H25N3/c1-18(2)17-20-12-14-21(15-13-20)22-7-6-10-26-27(22)28-23(16-11-19(3)30-28)29-31-24-8-4-5-9-25(24)32(26)29/h4-16,18H,17H2,1-3H3. The minimum absolute atomic E-state index is 0.650. The Morgan fingerprint density at radius 2 is 1.56 bits per heavy atom. The van der Waals surface area contributed by atoms with Gasteiger partial charge in [-0.15, -0.1) is 0 Å². The van der Waals surface area contributed by atoms with E-state index in [2.05, 4.69) is 98.0 Å². The van der Waals surface area contributed by atoms with Crippen LogP contribution in [-0.4, -0.2) is 14.4 Å². The summed E-state index contributed by atoms with van der Waals surface area (Å²) < 4.78 is 2.29. The molecule has 0 aliphatic carbocycles. The number of benzene rings is 3. The molecule has 0 aliphatic rings. The van der Waals surface area contributed by atoms with Gasteiger partial charge in [-0.2, -0.15) is 0 Å². The predicted molar refractivity (Wildman–Crippen MR) is 134 cm³/mol. The Hall–Kier alpha value is -3.72. The van der Waals surface area contributed by atoms with Gasteiger partial charge in [-0.1, -0.05) is 62.4 Å². The van der Waals surface area contributed by atoms with E-state index < -0.39 is 0 Å². The zero-order valence-electron chi connectivity index (χ0n) is 18.6. The molecule has 3 heteroatoms. The summed E-state index contributed by atoms with van der Waals surface area (Å²) in [4.78, 5) is 10.0. The smallest absolute Gasteiger partial charge is 0.147 e. The van der Waals surface area contributed by atoms with E-state index in [1.165, 1.54) is 22.1 Å². The summed E-state index contributed by atoms with van der Waals surface area (Å²) in [6.07, 6.45) is 1.10. The van der Waals surface area contributed by atoms with Crippen LogP contribution in [0.5, 0.6) is 0 Å². The number of hydrogen-bond acceptors (Lipinski definition) is 2. The first-order chi connectivity index (χ1) is 15.6. The molecule has 0 N–H and O–H groups in total. The molecular formula is C29H25N3. The zero-order valence-corrected chi connectivity index (χ0v) is 18.6. The van der Waals surface area contributed by atoms with Crippen molar-refractivity contribution < 1.29 is 0 Å². The van der Waals surface area contributed by atoms with Crippen molar-refractivity contribution in [1.29, 1.82) is 0 Å². The maximum absolute atomic E-state index is 5.01. The van der Waals surface area contributed by atoms with E-state index in [9.17, 15) is 0 Å². The lowest BCUT2D eigenvalue weighted by Gasteiger charge is -2.14. The molecule has 3 aromatic carbocycles. The molecule has 3 heterocycles. The number of rotatable bonds is 3. The summed E-state index contributed by atoms with van der Waals surface area (Å²) in [5, 5.41) is 2.27. The molecule has 0 amide bonds. The van der Waals surface area contributed by atoms with Crippen LogP contribution in [0.3, 0.4) is 0 Å². The Morgan fingerprint density at radius 3 is 2.38 bits per heavy atom. The average Bonchev–Trinajstić information content (AvgIpc) is 3.19. The van der Waals surface area contributed by atoms with Crippen LogP contribution in [0.25, 0.3) is 49.6 Å². The molecule has 6 rings (SSSR count). The van der Waals surface area contributed by atoms with Crippen molar-refractivity contribution in [3.05, 3.63) is 90.1 Å². The number of aryl methyl sites for hydroxylation is 1. The maximum Gasteiger partial charge on any atom is 0.147 e. The molecule has 6 aromatic rings. The fourth-order valence-electron chi connectivity index (χ4n) is 4.89. The third-order valence-electron chi connectivity index (χ3n) is 6.27. The van der Waals surface area contributed by atoms with Gasteiger partial charge in [0.25, 0.3) is 0 Å². The number of pyridine rings is 2. The van der Waals surface area contributed by atoms with Crippen molar-refractivity contribution in [2.24, 2.45) is 5.92 Å². The van der Waals surface area contributed by atoms with Crippen LogP contribution >= 0.6 is 0 Å². The van der Waals surface area contributed by atoms with Gasteiger partial charge in [-0.25, -0.2) is 4.98 Å². The Bertz CT molecular complexity index is 1620. The maximum atomic E-state index is 5.01. The second-order valence-corrected chi connectivity index (χ2v) is 9.10. The lowest BCUT2D eigenvalue weighted by atomic mass is 9.96. The second kappa shape index (κ2) is 7.16. The molecule has 0 unspecified atom stereocenters. The van der Waals surface area contributed by atoms with Crippen molar-refractivity contribution in [2.75, 3.05) is 0 Å². The zero-order chi connectivity index (χ0) is 21.8. The molecule has 3 nitrogen and oxygen atoms in total. The van der Waals surface area contributed by atoms with Gasteiger partial charge >= 0.3 is 0 Å². The Balaban J connectivity index is 1.75. The molecule has 156 valence electrons. The van der Waals surface area contributed by atoms with E-state index >= 15 is 0 Å². The minimum Gasteiger partial charge on any atom is -0.292 e. The lowest BCUT2D eigenvalue weighted by Crippen LogP contribution is -1.96. The van der Waals surface area contributed by atoms with Gasteiger partial charge in [-0.3, -0.25) is 9.38 Å². The number of fused-ring (bicyclic) bond motifs is 8. The highest BCUT2D eigenvalue weighted by Gasteiger charge is 2.17. The van der Waals surface area contributed by atoms with Crippen molar-refractivity contribution in [1.82, 2.24) is 14.4 Å². The molecule has 0 spiro atoms. The minimum atomic E-state index is 0.650. The SMILES string of the molecule is Cc1ccc2c(n1)c1c(-c3ccc(CC(C)C)cc3)cccc1n1c3ccccc3nc21. The van der Waals surface area contributed by atoms with Crippen LogP contribution in [0, 0.1) is 12.8 Å². The van der Waals surface area contributed by atoms with Crippen molar-refractivity contribution in [3.63, 3.8) is 0 Å². The van der Waals surface area contributed by atoms with E-state index in [0.717, 1.165) is 45.2 Å². The van der Waals surface area contributed by atoms with Crippen molar-refractivity contribution in [3.8, 4) is 11.1 Å². The van der Waals surface area contributed by atoms with E-state index in [1.54, 1.807) is 0 Å². The molecule has 0 atom stereocenters. The van der Waals surface area contributed by atoms with Gasteiger partial charge in [0.2, 0.25) is 0 Å². The summed E-state index contributed by atoms with van der Waals surface area (Å²) in [5.41, 5.74) is 10.1. The van der Waals surface area contributed by atoms with E-state index in [-0.39, 0.29) is 0 Å². The third kappa shape index (κ3) is 2.89. The van der Waals surface area contributed by atoms with E-state index in [1.807, 2.05) is 6.07 Å². The summed E-state index contributed by atoms with van der Waals surface area (Å²) in [7, 11) is 0. The van der Waals surface area contributed by atoms with E-state index in [0.29, 0.717) is 5.92 Å². The highest BCUT2D eigenvalue weighted by molar-refractivity contribution is 6.16. The lowest BCUT2D eigenvalue weighted by molar-refractivity contribution is 0.647. The van der Waals surface area contributed by atoms with Crippen molar-refractivity contribution >= 4 is 38.5 Å². The van der Waals surface area contributed by atoms with Gasteiger partial charge in [0.1, 0.15) is 5.65 Å². The molecule has 0 saturated heterocycles. The van der Waals surface area contributed by atoms with Crippen LogP contribution in [0.1, 0.15) is 25.1 Å². The Morgan fingerprint density at radius 1 is 0.781 bits per heavy atom. The third-order valence-corrected chi connectivity index (χ3v) is 6.27. The van der Waals surface area contributed by atoms with Crippen molar-refractivity contribution in [2.45, 2.75) is 27.2 Å². The Labute approximate surface area is 187 Å². The molecule has 0 aliphatic heterocycles. The summed E-state index contributed by atoms with van der Waals surface area (Å²) in [6, 6.07) is 28.2. The number of imidazole rings is 1. The second-order valence-electron chi connectivity index (χ2n) is 9.10. The monoisotopic (exact) mass is 415 g/mol. The van der Waals surface area contributed by atoms with Crippen LogP contribution in [0.15, 0.2) is 78.9 Å². The van der Waals surface area contributed by atoms with Gasteiger partial charge in [0, 0.05) is 16.5 Å². The first-order valence-electron chi connectivity index (χ1n) is 11.3. The quantitative estimate of drug-likeness (QED) is 0.283. The van der Waals surface area contributed by atoms with Crippen LogP contribution in [0.2, 0.25) is 0 Å². The summed E-state index contributed by atoms with van der Waals surface area (Å²) >= 11 is 0. The summed E-state index contributed by atoms with van der Waals surface area (Å²) in [6.45, 7) is 6.58. The van der Waals surface area contributed by atoms with Crippen LogP contribution in [0.4, 0.5) is 0 Å². The van der Waals surface area contributed by atoms with Gasteiger partial charge < -0.3 is 0 Å². The number of aromatic nitrogens is 3. The topological polar surface area (TPSA) is 30.2 Å². The van der Waals surface area contributed by atoms with Gasteiger partial charge in [-0.05, 0) is 66.3 Å². The first kappa shape index (κ1) is 19.0. The fourth-order valence-corrected chi connectivity index (χ4v) is 4.89. The highest BCUT2D eigenvalue weighted by atomic mass is 15.0. The molecule has 32 heavy (non-hydrogen) atoms. The van der Waals surface area contributed by atoms with Gasteiger partial charge in [0.05, 0.1) is 22.1 Å². The van der Waals surface area contributed by atoms with Crippen LogP contribution in [-0.2, 0) is 6.42 Å². The fraction of sp³-hybridized carbons (Fsp3) is 0.172. The predicted octanol–water partition coefficient (Wildman–Crippen LogP) is 7.36. The average molecular weight is 416 g/mol. The Kier molecular flexibility index (Phi) is 4.25.